The molecular weight excluding hydrogens is 221 g/mol. The van der Waals surface area contributed by atoms with Gasteiger partial charge in [-0.15, -0.1) is 0 Å². The average Bonchev–Trinajstić information content (AvgIpc) is 2.34. The maximum atomic E-state index is 13.8. The summed E-state index contributed by atoms with van der Waals surface area (Å²) in [4.78, 5) is 12.3. The van der Waals surface area contributed by atoms with E-state index in [0.29, 0.717) is 30.6 Å². The summed E-state index contributed by atoms with van der Waals surface area (Å²) in [6.07, 6.45) is 2.57. The average molecular weight is 239 g/mol. The third-order valence-electron chi connectivity index (χ3n) is 2.60. The summed E-state index contributed by atoms with van der Waals surface area (Å²) in [5.41, 5.74) is 0.767. The van der Waals surface area contributed by atoms with Gasteiger partial charge in [-0.25, -0.2) is 4.39 Å². The maximum Gasteiger partial charge on any atom is 0.150 e. The topological polar surface area (TPSA) is 40.5 Å². The molecule has 0 aliphatic carbocycles. The Balaban J connectivity index is 2.88. The van der Waals surface area contributed by atoms with E-state index in [1.165, 1.54) is 6.07 Å². The molecular formula is C13H18FNO2. The van der Waals surface area contributed by atoms with Crippen molar-refractivity contribution >= 4 is 12.0 Å². The molecule has 4 heteroatoms. The highest BCUT2D eigenvalue weighted by atomic mass is 19.1. The largest absolute Gasteiger partial charge is 0.395 e. The molecule has 0 unspecified atom stereocenters. The number of nitrogens with zero attached hydrogens (tertiary/aromatic N) is 1. The number of halogens is 1. The Hall–Kier alpha value is -1.42. The van der Waals surface area contributed by atoms with Crippen molar-refractivity contribution in [1.29, 1.82) is 0 Å². The van der Waals surface area contributed by atoms with Crippen molar-refractivity contribution < 1.29 is 14.3 Å². The Morgan fingerprint density at radius 2 is 2.18 bits per heavy atom. The highest BCUT2D eigenvalue weighted by molar-refractivity contribution is 5.76. The molecule has 0 heterocycles. The zero-order chi connectivity index (χ0) is 12.7. The molecule has 0 spiro atoms. The van der Waals surface area contributed by atoms with Gasteiger partial charge in [0.05, 0.1) is 12.3 Å². The van der Waals surface area contributed by atoms with Crippen LogP contribution in [-0.4, -0.2) is 31.1 Å². The number of anilines is 1. The lowest BCUT2D eigenvalue weighted by Crippen LogP contribution is -2.28. The molecule has 1 N–H and O–H groups in total. The molecule has 1 aromatic rings. The van der Waals surface area contributed by atoms with Gasteiger partial charge in [-0.2, -0.15) is 0 Å². The first-order chi connectivity index (χ1) is 8.22. The van der Waals surface area contributed by atoms with E-state index >= 15 is 0 Å². The standard InChI is InChI=1S/C13H18FNO2/c1-2-3-6-15(7-8-16)13-5-4-11(10-17)9-12(13)14/h4-5,9-10,16H,2-3,6-8H2,1H3. The summed E-state index contributed by atoms with van der Waals surface area (Å²) in [6, 6.07) is 4.39. The Morgan fingerprint density at radius 1 is 1.41 bits per heavy atom. The minimum atomic E-state index is -0.417. The van der Waals surface area contributed by atoms with Crippen LogP contribution in [0.25, 0.3) is 0 Å². The second-order valence-electron chi connectivity index (χ2n) is 3.89. The molecule has 0 radical (unpaired) electrons. The highest BCUT2D eigenvalue weighted by Crippen LogP contribution is 2.20. The maximum absolute atomic E-state index is 13.8. The van der Waals surface area contributed by atoms with E-state index in [1.807, 2.05) is 0 Å². The van der Waals surface area contributed by atoms with Gasteiger partial charge in [0.2, 0.25) is 0 Å². The van der Waals surface area contributed by atoms with Crippen LogP contribution in [0, 0.1) is 5.82 Å². The molecule has 0 aliphatic rings. The second-order valence-corrected chi connectivity index (χ2v) is 3.89. The summed E-state index contributed by atoms with van der Waals surface area (Å²) >= 11 is 0. The number of aldehydes is 1. The van der Waals surface area contributed by atoms with Crippen molar-refractivity contribution in [1.82, 2.24) is 0 Å². The van der Waals surface area contributed by atoms with Crippen molar-refractivity contribution in [3.05, 3.63) is 29.6 Å². The van der Waals surface area contributed by atoms with Crippen molar-refractivity contribution in [3.63, 3.8) is 0 Å². The second kappa shape index (κ2) is 7.01. The smallest absolute Gasteiger partial charge is 0.150 e. The first-order valence-corrected chi connectivity index (χ1v) is 5.83. The van der Waals surface area contributed by atoms with Crippen molar-refractivity contribution in [2.45, 2.75) is 19.8 Å². The van der Waals surface area contributed by atoms with Crippen molar-refractivity contribution in [2.24, 2.45) is 0 Å². The normalized spacial score (nSPS) is 10.3. The Morgan fingerprint density at radius 3 is 2.71 bits per heavy atom. The van der Waals surface area contributed by atoms with Crippen molar-refractivity contribution in [2.75, 3.05) is 24.6 Å². The van der Waals surface area contributed by atoms with Crippen LogP contribution < -0.4 is 4.90 Å². The van der Waals surface area contributed by atoms with Crippen LogP contribution in [0.5, 0.6) is 0 Å². The third kappa shape index (κ3) is 3.82. The number of aliphatic hydroxyl groups is 1. The van der Waals surface area contributed by atoms with Crippen molar-refractivity contribution in [3.8, 4) is 0 Å². The van der Waals surface area contributed by atoms with Crippen LogP contribution in [-0.2, 0) is 0 Å². The molecule has 1 aromatic carbocycles. The summed E-state index contributed by atoms with van der Waals surface area (Å²) < 4.78 is 13.8. The molecule has 17 heavy (non-hydrogen) atoms. The van der Waals surface area contributed by atoms with Gasteiger partial charge in [0.25, 0.3) is 0 Å². The van der Waals surface area contributed by atoms with Crippen LogP contribution in [0.4, 0.5) is 10.1 Å². The first kappa shape index (κ1) is 13.6. The zero-order valence-corrected chi connectivity index (χ0v) is 10.0. The van der Waals surface area contributed by atoms with E-state index < -0.39 is 5.82 Å². The van der Waals surface area contributed by atoms with E-state index in [0.717, 1.165) is 12.8 Å². The number of carbonyl (C=O) groups excluding carboxylic acids is 1. The van der Waals surface area contributed by atoms with E-state index in [1.54, 1.807) is 17.0 Å². The number of aliphatic hydroxyl groups excluding tert-OH is 1. The van der Waals surface area contributed by atoms with Crippen LogP contribution >= 0.6 is 0 Å². The molecule has 0 saturated carbocycles. The summed E-state index contributed by atoms with van der Waals surface area (Å²) in [6.45, 7) is 3.15. The molecule has 0 bridgehead atoms. The number of carbonyl (C=O) groups is 1. The summed E-state index contributed by atoms with van der Waals surface area (Å²) in [5.74, 6) is -0.417. The van der Waals surface area contributed by atoms with Gasteiger partial charge >= 0.3 is 0 Å². The fourth-order valence-corrected chi connectivity index (χ4v) is 1.68. The molecule has 1 rings (SSSR count). The molecule has 0 aromatic heterocycles. The minimum Gasteiger partial charge on any atom is -0.395 e. The zero-order valence-electron chi connectivity index (χ0n) is 10.0. The van der Waals surface area contributed by atoms with E-state index in [9.17, 15) is 9.18 Å². The monoisotopic (exact) mass is 239 g/mol. The van der Waals surface area contributed by atoms with E-state index in [4.69, 9.17) is 5.11 Å². The number of benzene rings is 1. The molecule has 0 saturated heterocycles. The number of rotatable bonds is 7. The molecule has 0 amide bonds. The first-order valence-electron chi connectivity index (χ1n) is 5.83. The van der Waals surface area contributed by atoms with Gasteiger partial charge in [-0.3, -0.25) is 4.79 Å². The Labute approximate surface area is 101 Å². The predicted molar refractivity (Wildman–Crippen MR) is 66.0 cm³/mol. The van der Waals surface area contributed by atoms with Crippen LogP contribution in [0.2, 0.25) is 0 Å². The van der Waals surface area contributed by atoms with Gasteiger partial charge < -0.3 is 10.0 Å². The fraction of sp³-hybridized carbons (Fsp3) is 0.462. The Bertz CT molecular complexity index is 368. The van der Waals surface area contributed by atoms with Gasteiger partial charge in [0.1, 0.15) is 12.1 Å². The van der Waals surface area contributed by atoms with E-state index in [2.05, 4.69) is 6.92 Å². The van der Waals surface area contributed by atoms with Crippen LogP contribution in [0.3, 0.4) is 0 Å². The van der Waals surface area contributed by atoms with Crippen LogP contribution in [0.15, 0.2) is 18.2 Å². The minimum absolute atomic E-state index is 0.0153. The van der Waals surface area contributed by atoms with Gasteiger partial charge in [-0.1, -0.05) is 13.3 Å². The van der Waals surface area contributed by atoms with Crippen LogP contribution in [0.1, 0.15) is 30.1 Å². The lowest BCUT2D eigenvalue weighted by molar-refractivity contribution is 0.112. The molecule has 0 atom stereocenters. The lowest BCUT2D eigenvalue weighted by atomic mass is 10.2. The molecule has 0 fully saturated rings. The Kier molecular flexibility index (Phi) is 5.63. The summed E-state index contributed by atoms with van der Waals surface area (Å²) in [5, 5.41) is 8.97. The quantitative estimate of drug-likeness (QED) is 0.742. The van der Waals surface area contributed by atoms with Gasteiger partial charge in [0.15, 0.2) is 0 Å². The molecule has 94 valence electrons. The highest BCUT2D eigenvalue weighted by Gasteiger charge is 2.11. The molecule has 0 aliphatic heterocycles. The third-order valence-corrected chi connectivity index (χ3v) is 2.60. The summed E-state index contributed by atoms with van der Waals surface area (Å²) in [7, 11) is 0. The predicted octanol–water partition coefficient (Wildman–Crippen LogP) is 2.24. The SMILES string of the molecule is CCCCN(CCO)c1ccc(C=O)cc1F. The van der Waals surface area contributed by atoms with Gasteiger partial charge in [0, 0.05) is 18.7 Å². The number of unbranched alkanes of at least 4 members (excludes halogenated alkanes) is 1. The fourth-order valence-electron chi connectivity index (χ4n) is 1.68. The van der Waals surface area contributed by atoms with E-state index in [-0.39, 0.29) is 6.61 Å². The lowest BCUT2D eigenvalue weighted by Gasteiger charge is -2.24. The number of hydrogen-bond donors (Lipinski definition) is 1. The number of hydrogen-bond acceptors (Lipinski definition) is 3. The molecule has 3 nitrogen and oxygen atoms in total. The van der Waals surface area contributed by atoms with Gasteiger partial charge in [-0.05, 0) is 24.6 Å².